The lowest BCUT2D eigenvalue weighted by molar-refractivity contribution is 0.0517. The Balaban J connectivity index is 2.88. The van der Waals surface area contributed by atoms with Crippen molar-refractivity contribution in [1.82, 2.24) is 0 Å². The maximum atomic E-state index is 10.4. The van der Waals surface area contributed by atoms with E-state index in [-0.39, 0.29) is 11.1 Å². The fourth-order valence-corrected chi connectivity index (χ4v) is 3.56. The predicted molar refractivity (Wildman–Crippen MR) is 96.2 cm³/mol. The van der Waals surface area contributed by atoms with Gasteiger partial charge in [0.15, 0.2) is 8.32 Å². The van der Waals surface area contributed by atoms with Crippen LogP contribution in [0.1, 0.15) is 50.8 Å². The van der Waals surface area contributed by atoms with E-state index in [9.17, 15) is 4.80 Å². The van der Waals surface area contributed by atoms with Gasteiger partial charge in [0.1, 0.15) is 0 Å². The van der Waals surface area contributed by atoms with E-state index in [2.05, 4.69) is 54.9 Å². The molecule has 0 aromatic heterocycles. The molecule has 0 aliphatic rings. The quantitative estimate of drug-likeness (QED) is 0.631. The van der Waals surface area contributed by atoms with Crippen molar-refractivity contribution in [1.29, 1.82) is 0 Å². The standard InChI is InChI=1S/C17H29BrO2Si/c1-7-20-16(10-11-17(3,4)21(5,6)19)15-9-8-14(18)12-13(15)2/h8-9,12,16,19H,7,10-11H2,1-6H3/t16-/m0/s1. The summed E-state index contributed by atoms with van der Waals surface area (Å²) in [5.41, 5.74) is 2.51. The minimum atomic E-state index is -2.16. The molecule has 120 valence electrons. The van der Waals surface area contributed by atoms with Gasteiger partial charge >= 0.3 is 0 Å². The molecule has 0 heterocycles. The summed E-state index contributed by atoms with van der Waals surface area (Å²) in [7, 11) is -2.16. The molecular weight excluding hydrogens is 344 g/mol. The lowest BCUT2D eigenvalue weighted by Crippen LogP contribution is -2.39. The molecule has 1 aromatic rings. The third kappa shape index (κ3) is 5.20. The molecule has 4 heteroatoms. The van der Waals surface area contributed by atoms with E-state index in [0.717, 1.165) is 17.3 Å². The SMILES string of the molecule is CCO[C@@H](CCC(C)(C)[Si](C)(C)O)c1ccc(Br)cc1C. The van der Waals surface area contributed by atoms with Crippen LogP contribution < -0.4 is 0 Å². The predicted octanol–water partition coefficient (Wildman–Crippen LogP) is 5.59. The first-order valence-corrected chi connectivity index (χ1v) is 11.4. The van der Waals surface area contributed by atoms with Gasteiger partial charge in [-0.2, -0.15) is 0 Å². The van der Waals surface area contributed by atoms with Crippen LogP contribution in [0.4, 0.5) is 0 Å². The van der Waals surface area contributed by atoms with Crippen molar-refractivity contribution >= 4 is 24.2 Å². The Labute approximate surface area is 139 Å². The van der Waals surface area contributed by atoms with E-state index in [1.807, 2.05) is 20.0 Å². The minimum Gasteiger partial charge on any atom is -0.432 e. The van der Waals surface area contributed by atoms with Gasteiger partial charge in [0.2, 0.25) is 0 Å². The van der Waals surface area contributed by atoms with Crippen molar-refractivity contribution < 1.29 is 9.53 Å². The molecule has 0 unspecified atom stereocenters. The third-order valence-electron chi connectivity index (χ3n) is 4.63. The highest BCUT2D eigenvalue weighted by Gasteiger charge is 2.38. The lowest BCUT2D eigenvalue weighted by atomic mass is 9.96. The molecule has 1 aromatic carbocycles. The van der Waals surface area contributed by atoms with Crippen LogP contribution in [-0.2, 0) is 4.74 Å². The van der Waals surface area contributed by atoms with Crippen LogP contribution in [0.3, 0.4) is 0 Å². The second-order valence-corrected chi connectivity index (χ2v) is 12.3. The molecular formula is C17H29BrO2Si. The molecule has 0 radical (unpaired) electrons. The van der Waals surface area contributed by atoms with Crippen molar-refractivity contribution in [2.24, 2.45) is 0 Å². The minimum absolute atomic E-state index is 0.00831. The molecule has 0 aliphatic heterocycles. The second kappa shape index (κ2) is 7.40. The Hall–Kier alpha value is -0.163. The summed E-state index contributed by atoms with van der Waals surface area (Å²) in [6.45, 7) is 13.3. The Morgan fingerprint density at radius 2 is 1.95 bits per heavy atom. The topological polar surface area (TPSA) is 29.5 Å². The van der Waals surface area contributed by atoms with Gasteiger partial charge in [-0.05, 0) is 68.1 Å². The number of ether oxygens (including phenoxy) is 1. The first kappa shape index (κ1) is 18.9. The van der Waals surface area contributed by atoms with Crippen LogP contribution in [0.15, 0.2) is 22.7 Å². The van der Waals surface area contributed by atoms with Crippen molar-refractivity contribution in [2.75, 3.05) is 6.61 Å². The largest absolute Gasteiger partial charge is 0.432 e. The summed E-state index contributed by atoms with van der Waals surface area (Å²) >= 11 is 3.51. The van der Waals surface area contributed by atoms with E-state index in [1.165, 1.54) is 11.1 Å². The zero-order chi connectivity index (χ0) is 16.3. The van der Waals surface area contributed by atoms with E-state index >= 15 is 0 Å². The van der Waals surface area contributed by atoms with Crippen LogP contribution in [0.25, 0.3) is 0 Å². The normalized spacial score (nSPS) is 14.3. The van der Waals surface area contributed by atoms with Gasteiger partial charge in [0.05, 0.1) is 6.10 Å². The highest BCUT2D eigenvalue weighted by atomic mass is 79.9. The summed E-state index contributed by atoms with van der Waals surface area (Å²) in [4.78, 5) is 10.4. The van der Waals surface area contributed by atoms with Crippen LogP contribution in [0.2, 0.25) is 18.1 Å². The molecule has 0 aliphatic carbocycles. The first-order chi connectivity index (χ1) is 9.58. The van der Waals surface area contributed by atoms with Gasteiger partial charge in [0.25, 0.3) is 0 Å². The zero-order valence-corrected chi connectivity index (χ0v) is 16.8. The van der Waals surface area contributed by atoms with E-state index in [4.69, 9.17) is 4.74 Å². The summed E-state index contributed by atoms with van der Waals surface area (Å²) in [6.07, 6.45) is 2.03. The number of halogens is 1. The molecule has 2 nitrogen and oxygen atoms in total. The zero-order valence-electron chi connectivity index (χ0n) is 14.2. The fourth-order valence-electron chi connectivity index (χ4n) is 2.33. The Morgan fingerprint density at radius 1 is 1.33 bits per heavy atom. The average molecular weight is 373 g/mol. The smallest absolute Gasteiger partial charge is 0.188 e. The maximum Gasteiger partial charge on any atom is 0.188 e. The van der Waals surface area contributed by atoms with Crippen LogP contribution in [0, 0.1) is 6.92 Å². The summed E-state index contributed by atoms with van der Waals surface area (Å²) < 4.78 is 7.08. The number of hydrogen-bond donors (Lipinski definition) is 1. The van der Waals surface area contributed by atoms with Crippen LogP contribution in [0.5, 0.6) is 0 Å². The van der Waals surface area contributed by atoms with Gasteiger partial charge in [-0.25, -0.2) is 0 Å². The van der Waals surface area contributed by atoms with Crippen molar-refractivity contribution in [3.05, 3.63) is 33.8 Å². The van der Waals surface area contributed by atoms with Crippen molar-refractivity contribution in [3.8, 4) is 0 Å². The molecule has 1 atom stereocenters. The van der Waals surface area contributed by atoms with Crippen LogP contribution in [-0.4, -0.2) is 19.7 Å². The van der Waals surface area contributed by atoms with Gasteiger partial charge in [0, 0.05) is 11.1 Å². The van der Waals surface area contributed by atoms with Gasteiger partial charge in [-0.3, -0.25) is 0 Å². The highest BCUT2D eigenvalue weighted by molar-refractivity contribution is 9.10. The first-order valence-electron chi connectivity index (χ1n) is 7.68. The van der Waals surface area contributed by atoms with Gasteiger partial charge < -0.3 is 9.53 Å². The van der Waals surface area contributed by atoms with Gasteiger partial charge in [-0.1, -0.05) is 35.8 Å². The second-order valence-electron chi connectivity index (χ2n) is 6.93. The molecule has 1 N–H and O–H groups in total. The summed E-state index contributed by atoms with van der Waals surface area (Å²) in [6, 6.07) is 6.36. The van der Waals surface area contributed by atoms with Crippen molar-refractivity contribution in [2.45, 2.75) is 64.8 Å². The van der Waals surface area contributed by atoms with E-state index in [1.54, 1.807) is 0 Å². The lowest BCUT2D eigenvalue weighted by Gasteiger charge is -2.36. The van der Waals surface area contributed by atoms with E-state index in [0.29, 0.717) is 6.61 Å². The molecule has 0 amide bonds. The average Bonchev–Trinajstić information content (AvgIpc) is 2.33. The molecule has 21 heavy (non-hydrogen) atoms. The Morgan fingerprint density at radius 3 is 2.43 bits per heavy atom. The molecule has 0 saturated heterocycles. The number of aryl methyl sites for hydroxylation is 1. The fraction of sp³-hybridized carbons (Fsp3) is 0.647. The van der Waals surface area contributed by atoms with Crippen molar-refractivity contribution in [3.63, 3.8) is 0 Å². The molecule has 0 bridgehead atoms. The molecule has 0 saturated carbocycles. The van der Waals surface area contributed by atoms with Crippen LogP contribution >= 0.6 is 15.9 Å². The maximum absolute atomic E-state index is 10.4. The Bertz CT molecular complexity index is 466. The summed E-state index contributed by atoms with van der Waals surface area (Å²) in [5, 5.41) is -0.00831. The molecule has 1 rings (SSSR count). The number of hydrogen-bond acceptors (Lipinski definition) is 2. The number of rotatable bonds is 7. The number of benzene rings is 1. The monoisotopic (exact) mass is 372 g/mol. The third-order valence-corrected chi connectivity index (χ3v) is 8.69. The van der Waals surface area contributed by atoms with Gasteiger partial charge in [-0.15, -0.1) is 0 Å². The molecule has 0 spiro atoms. The van der Waals surface area contributed by atoms with E-state index < -0.39 is 8.32 Å². The Kier molecular flexibility index (Phi) is 6.66. The highest BCUT2D eigenvalue weighted by Crippen LogP contribution is 2.42. The summed E-state index contributed by atoms with van der Waals surface area (Å²) in [5.74, 6) is 0. The molecule has 0 fully saturated rings.